The van der Waals surface area contributed by atoms with Gasteiger partial charge in [-0.05, 0) is 48.9 Å². The standard InChI is InChI=1S/C17H15BrN2OS/c18-11-5-3-4-10(8-11)9-14-19-16(21)15-12-6-1-2-7-13(12)22-17(15)20-14/h3-5,8H,1-2,6-7,9H2,(H,19,20,21). The Hall–Kier alpha value is -1.46. The number of nitrogens with one attached hydrogen (secondary N) is 1. The molecule has 0 bridgehead atoms. The largest absolute Gasteiger partial charge is 0.310 e. The third-order valence-electron chi connectivity index (χ3n) is 4.13. The van der Waals surface area contributed by atoms with Crippen molar-refractivity contribution in [3.63, 3.8) is 0 Å². The van der Waals surface area contributed by atoms with Crippen LogP contribution in [-0.2, 0) is 19.3 Å². The van der Waals surface area contributed by atoms with Crippen LogP contribution in [0.3, 0.4) is 0 Å². The Morgan fingerprint density at radius 1 is 1.27 bits per heavy atom. The van der Waals surface area contributed by atoms with Gasteiger partial charge in [0.1, 0.15) is 10.7 Å². The molecule has 0 saturated heterocycles. The average molecular weight is 375 g/mol. The summed E-state index contributed by atoms with van der Waals surface area (Å²) in [6.07, 6.45) is 5.16. The van der Waals surface area contributed by atoms with Gasteiger partial charge < -0.3 is 4.98 Å². The monoisotopic (exact) mass is 374 g/mol. The highest BCUT2D eigenvalue weighted by Crippen LogP contribution is 2.33. The molecule has 22 heavy (non-hydrogen) atoms. The summed E-state index contributed by atoms with van der Waals surface area (Å²) >= 11 is 5.18. The zero-order chi connectivity index (χ0) is 15.1. The van der Waals surface area contributed by atoms with E-state index in [4.69, 9.17) is 4.98 Å². The second kappa shape index (κ2) is 5.63. The van der Waals surface area contributed by atoms with Gasteiger partial charge >= 0.3 is 0 Å². The first-order valence-electron chi connectivity index (χ1n) is 7.48. The number of aromatic nitrogens is 2. The van der Waals surface area contributed by atoms with Crippen molar-refractivity contribution in [1.82, 2.24) is 9.97 Å². The van der Waals surface area contributed by atoms with Gasteiger partial charge in [-0.3, -0.25) is 4.79 Å². The predicted octanol–water partition coefficient (Wildman–Crippen LogP) is 4.22. The summed E-state index contributed by atoms with van der Waals surface area (Å²) in [6, 6.07) is 8.11. The van der Waals surface area contributed by atoms with Crippen molar-refractivity contribution in [3.05, 3.63) is 60.9 Å². The first-order valence-corrected chi connectivity index (χ1v) is 9.09. The molecular formula is C17H15BrN2OS. The maximum atomic E-state index is 12.5. The van der Waals surface area contributed by atoms with E-state index < -0.39 is 0 Å². The summed E-state index contributed by atoms with van der Waals surface area (Å²) in [5, 5.41) is 0.831. The number of H-pyrrole nitrogens is 1. The van der Waals surface area contributed by atoms with Gasteiger partial charge in [0.25, 0.3) is 5.56 Å². The Morgan fingerprint density at radius 3 is 3.00 bits per heavy atom. The molecule has 1 aliphatic carbocycles. The Morgan fingerprint density at radius 2 is 2.14 bits per heavy atom. The van der Waals surface area contributed by atoms with Gasteiger partial charge in [0.05, 0.1) is 5.39 Å². The molecule has 1 N–H and O–H groups in total. The third kappa shape index (κ3) is 2.52. The zero-order valence-electron chi connectivity index (χ0n) is 12.0. The highest BCUT2D eigenvalue weighted by atomic mass is 79.9. The molecule has 1 aliphatic rings. The van der Waals surface area contributed by atoms with Crippen LogP contribution >= 0.6 is 27.3 Å². The minimum absolute atomic E-state index is 0.0226. The van der Waals surface area contributed by atoms with E-state index in [0.717, 1.165) is 38.9 Å². The summed E-state index contributed by atoms with van der Waals surface area (Å²) < 4.78 is 1.04. The maximum absolute atomic E-state index is 12.5. The van der Waals surface area contributed by atoms with E-state index in [-0.39, 0.29) is 5.56 Å². The number of hydrogen-bond donors (Lipinski definition) is 1. The van der Waals surface area contributed by atoms with Crippen molar-refractivity contribution in [2.75, 3.05) is 0 Å². The quantitative estimate of drug-likeness (QED) is 0.729. The van der Waals surface area contributed by atoms with E-state index in [0.29, 0.717) is 6.42 Å². The molecule has 0 fully saturated rings. The number of hydrogen-bond acceptors (Lipinski definition) is 3. The molecule has 3 aromatic rings. The molecule has 0 amide bonds. The van der Waals surface area contributed by atoms with Gasteiger partial charge in [-0.25, -0.2) is 4.98 Å². The first-order chi connectivity index (χ1) is 10.7. The Balaban J connectivity index is 1.79. The van der Waals surface area contributed by atoms with Crippen LogP contribution in [0.15, 0.2) is 33.5 Å². The van der Waals surface area contributed by atoms with Crippen LogP contribution in [0.1, 0.15) is 34.7 Å². The van der Waals surface area contributed by atoms with Gasteiger partial charge in [-0.2, -0.15) is 0 Å². The number of nitrogens with zero attached hydrogens (tertiary/aromatic N) is 1. The molecule has 5 heteroatoms. The normalized spacial score (nSPS) is 14.2. The molecule has 0 aliphatic heterocycles. The van der Waals surface area contributed by atoms with Crippen molar-refractivity contribution < 1.29 is 0 Å². The second-order valence-corrected chi connectivity index (χ2v) is 7.71. The molecule has 3 nitrogen and oxygen atoms in total. The Kier molecular flexibility index (Phi) is 3.62. The minimum Gasteiger partial charge on any atom is -0.310 e. The lowest BCUT2D eigenvalue weighted by Crippen LogP contribution is -2.13. The van der Waals surface area contributed by atoms with Crippen LogP contribution in [0, 0.1) is 0 Å². The number of halogens is 1. The fourth-order valence-corrected chi connectivity index (χ4v) is 4.86. The molecular weight excluding hydrogens is 360 g/mol. The van der Waals surface area contributed by atoms with Crippen LogP contribution in [0.25, 0.3) is 10.2 Å². The topological polar surface area (TPSA) is 45.8 Å². The number of thiophene rings is 1. The molecule has 2 aromatic heterocycles. The number of aromatic amines is 1. The number of fused-ring (bicyclic) bond motifs is 3. The molecule has 0 saturated carbocycles. The van der Waals surface area contributed by atoms with Crippen molar-refractivity contribution in [3.8, 4) is 0 Å². The van der Waals surface area contributed by atoms with Crippen LogP contribution in [0.5, 0.6) is 0 Å². The van der Waals surface area contributed by atoms with E-state index in [1.165, 1.54) is 23.3 Å². The highest BCUT2D eigenvalue weighted by Gasteiger charge is 2.19. The van der Waals surface area contributed by atoms with Gasteiger partial charge in [-0.1, -0.05) is 28.1 Å². The molecule has 0 radical (unpaired) electrons. The molecule has 2 heterocycles. The van der Waals surface area contributed by atoms with Crippen LogP contribution in [0.2, 0.25) is 0 Å². The fraction of sp³-hybridized carbons (Fsp3) is 0.294. The molecule has 1 aromatic carbocycles. The highest BCUT2D eigenvalue weighted by molar-refractivity contribution is 9.10. The van der Waals surface area contributed by atoms with Crippen molar-refractivity contribution in [1.29, 1.82) is 0 Å². The zero-order valence-corrected chi connectivity index (χ0v) is 14.4. The van der Waals surface area contributed by atoms with Crippen molar-refractivity contribution in [2.24, 2.45) is 0 Å². The summed E-state index contributed by atoms with van der Waals surface area (Å²) in [7, 11) is 0. The van der Waals surface area contributed by atoms with E-state index in [1.54, 1.807) is 11.3 Å². The van der Waals surface area contributed by atoms with Crippen molar-refractivity contribution in [2.45, 2.75) is 32.1 Å². The van der Waals surface area contributed by atoms with E-state index in [2.05, 4.69) is 27.0 Å². The summed E-state index contributed by atoms with van der Waals surface area (Å²) in [5.74, 6) is 0.745. The van der Waals surface area contributed by atoms with Crippen LogP contribution < -0.4 is 5.56 Å². The third-order valence-corrected chi connectivity index (χ3v) is 5.81. The maximum Gasteiger partial charge on any atom is 0.259 e. The van der Waals surface area contributed by atoms with Gasteiger partial charge in [-0.15, -0.1) is 11.3 Å². The Labute approximate surface area is 140 Å². The number of benzene rings is 1. The fourth-order valence-electron chi connectivity index (χ4n) is 3.13. The summed E-state index contributed by atoms with van der Waals surface area (Å²) in [4.78, 5) is 22.4. The SMILES string of the molecule is O=c1[nH]c(Cc2cccc(Br)c2)nc2sc3c(c12)CCCC3. The van der Waals surface area contributed by atoms with E-state index in [1.807, 2.05) is 18.2 Å². The van der Waals surface area contributed by atoms with Crippen molar-refractivity contribution >= 4 is 37.5 Å². The first kappa shape index (κ1) is 14.2. The second-order valence-electron chi connectivity index (χ2n) is 5.71. The van der Waals surface area contributed by atoms with Crippen LogP contribution in [0.4, 0.5) is 0 Å². The lowest BCUT2D eigenvalue weighted by atomic mass is 9.97. The summed E-state index contributed by atoms with van der Waals surface area (Å²) in [5.41, 5.74) is 2.40. The summed E-state index contributed by atoms with van der Waals surface area (Å²) in [6.45, 7) is 0. The molecule has 112 valence electrons. The molecule has 4 rings (SSSR count). The molecule has 0 atom stereocenters. The van der Waals surface area contributed by atoms with Crippen LogP contribution in [-0.4, -0.2) is 9.97 Å². The van der Waals surface area contributed by atoms with Gasteiger partial charge in [0, 0.05) is 15.8 Å². The molecule has 0 spiro atoms. The Bertz CT molecular complexity index is 913. The van der Waals surface area contributed by atoms with E-state index in [9.17, 15) is 4.79 Å². The van der Waals surface area contributed by atoms with Gasteiger partial charge in [0.15, 0.2) is 0 Å². The molecule has 0 unspecified atom stereocenters. The average Bonchev–Trinajstić information content (AvgIpc) is 2.85. The van der Waals surface area contributed by atoms with Gasteiger partial charge in [0.2, 0.25) is 0 Å². The predicted molar refractivity (Wildman–Crippen MR) is 93.8 cm³/mol. The number of aryl methyl sites for hydroxylation is 2. The minimum atomic E-state index is 0.0226. The lowest BCUT2D eigenvalue weighted by molar-refractivity contribution is 0.700. The van der Waals surface area contributed by atoms with E-state index >= 15 is 0 Å². The smallest absolute Gasteiger partial charge is 0.259 e. The lowest BCUT2D eigenvalue weighted by Gasteiger charge is -2.09. The number of rotatable bonds is 2.